The summed E-state index contributed by atoms with van der Waals surface area (Å²) in [5, 5.41) is 0. The predicted octanol–water partition coefficient (Wildman–Crippen LogP) is 0.381. The summed E-state index contributed by atoms with van der Waals surface area (Å²) in [4.78, 5) is 45.5. The lowest BCUT2D eigenvalue weighted by Gasteiger charge is -2.28. The number of esters is 2. The normalized spacial score (nSPS) is 9.80. The zero-order valence-electron chi connectivity index (χ0n) is 11.8. The van der Waals surface area contributed by atoms with Crippen molar-refractivity contribution in [2.45, 2.75) is 33.3 Å². The van der Waals surface area contributed by atoms with E-state index in [1.165, 1.54) is 32.7 Å². The van der Waals surface area contributed by atoms with Gasteiger partial charge in [-0.05, 0) is 20.8 Å². The summed E-state index contributed by atoms with van der Waals surface area (Å²) in [6, 6.07) is 0. The molecule has 20 heavy (non-hydrogen) atoms. The first kappa shape index (κ1) is 17.6. The van der Waals surface area contributed by atoms with E-state index in [9.17, 15) is 19.2 Å². The van der Waals surface area contributed by atoms with Crippen LogP contribution in [0, 0.1) is 0 Å². The lowest BCUT2D eigenvalue weighted by molar-refractivity contribution is -0.180. The Morgan fingerprint density at radius 2 is 1.40 bits per heavy atom. The Morgan fingerprint density at radius 3 is 1.70 bits per heavy atom. The second-order valence-corrected chi connectivity index (χ2v) is 3.61. The van der Waals surface area contributed by atoms with Crippen LogP contribution >= 0.6 is 0 Å². The summed E-state index contributed by atoms with van der Waals surface area (Å²) in [7, 11) is 0. The Hall–Kier alpha value is -2.36. The van der Waals surface area contributed by atoms with E-state index >= 15 is 0 Å². The fourth-order valence-electron chi connectivity index (χ4n) is 1.34. The van der Waals surface area contributed by atoms with Crippen molar-refractivity contribution in [1.29, 1.82) is 0 Å². The minimum atomic E-state index is -2.48. The van der Waals surface area contributed by atoms with Crippen molar-refractivity contribution in [2.75, 3.05) is 13.2 Å². The molecule has 0 saturated heterocycles. The molecular weight excluding hydrogens is 268 g/mol. The van der Waals surface area contributed by atoms with E-state index in [-0.39, 0.29) is 13.2 Å². The number of rotatable bonds is 7. The topological polar surface area (TPSA) is 96.0 Å². The molecule has 0 atom stereocenters. The van der Waals surface area contributed by atoms with Crippen molar-refractivity contribution in [1.82, 2.24) is 0 Å². The van der Waals surface area contributed by atoms with E-state index in [0.29, 0.717) is 0 Å². The first-order valence-electron chi connectivity index (χ1n) is 5.87. The average Bonchev–Trinajstić information content (AvgIpc) is 2.43. The third kappa shape index (κ3) is 3.57. The van der Waals surface area contributed by atoms with Crippen LogP contribution in [0.1, 0.15) is 27.7 Å². The molecule has 0 rings (SSSR count). The van der Waals surface area contributed by atoms with E-state index in [1.54, 1.807) is 0 Å². The Balaban J connectivity index is 6.02. The van der Waals surface area contributed by atoms with Gasteiger partial charge in [0, 0.05) is 6.92 Å². The van der Waals surface area contributed by atoms with Crippen LogP contribution in [0.25, 0.3) is 0 Å². The maximum atomic E-state index is 12.0. The standard InChI is InChI=1S/C13H16O7/c1-5-18-11(16)13(9(3)7-14,12(17)19-6-2)20-10(4)8-15/h5-6H2,1-4H3. The summed E-state index contributed by atoms with van der Waals surface area (Å²) in [5.74, 6) is 0.0707. The average molecular weight is 284 g/mol. The number of carbonyl (C=O) groups is 2. The molecule has 0 aliphatic rings. The number of ether oxygens (including phenoxy) is 3. The highest BCUT2D eigenvalue weighted by Gasteiger charge is 2.55. The highest BCUT2D eigenvalue weighted by atomic mass is 16.6. The van der Waals surface area contributed by atoms with Crippen LogP contribution in [-0.2, 0) is 33.4 Å². The Bertz CT molecular complexity index is 461. The molecule has 7 heteroatoms. The van der Waals surface area contributed by atoms with Crippen LogP contribution in [0.2, 0.25) is 0 Å². The Kier molecular flexibility index (Phi) is 7.00. The third-order valence-corrected chi connectivity index (χ3v) is 2.26. The van der Waals surface area contributed by atoms with Crippen molar-refractivity contribution < 1.29 is 33.4 Å². The largest absolute Gasteiger partial charge is 0.462 e. The van der Waals surface area contributed by atoms with Gasteiger partial charge in [0.15, 0.2) is 11.7 Å². The van der Waals surface area contributed by atoms with Gasteiger partial charge in [0.1, 0.15) is 5.94 Å². The Labute approximate surface area is 116 Å². The molecule has 0 aromatic carbocycles. The molecule has 0 radical (unpaired) electrons. The molecule has 7 nitrogen and oxygen atoms in total. The van der Waals surface area contributed by atoms with Crippen molar-refractivity contribution in [2.24, 2.45) is 0 Å². The fourth-order valence-corrected chi connectivity index (χ4v) is 1.34. The maximum absolute atomic E-state index is 12.0. The zero-order chi connectivity index (χ0) is 15.8. The molecular formula is C13H16O7. The predicted molar refractivity (Wildman–Crippen MR) is 66.8 cm³/mol. The zero-order valence-corrected chi connectivity index (χ0v) is 11.8. The van der Waals surface area contributed by atoms with Crippen LogP contribution in [0.15, 0.2) is 11.3 Å². The van der Waals surface area contributed by atoms with Gasteiger partial charge in [0.25, 0.3) is 0 Å². The number of allylic oxidation sites excluding steroid dienone is 1. The second-order valence-electron chi connectivity index (χ2n) is 3.61. The second kappa shape index (κ2) is 7.94. The van der Waals surface area contributed by atoms with E-state index in [1.807, 2.05) is 0 Å². The molecule has 0 aliphatic heterocycles. The molecule has 110 valence electrons. The smallest absolute Gasteiger partial charge is 0.367 e. The lowest BCUT2D eigenvalue weighted by Crippen LogP contribution is -2.52. The first-order chi connectivity index (χ1) is 9.40. The summed E-state index contributed by atoms with van der Waals surface area (Å²) in [6.45, 7) is 5.24. The molecule has 0 bridgehead atoms. The number of hydrogen-bond acceptors (Lipinski definition) is 7. The van der Waals surface area contributed by atoms with Gasteiger partial charge in [-0.25, -0.2) is 19.2 Å². The van der Waals surface area contributed by atoms with Crippen molar-refractivity contribution in [3.05, 3.63) is 11.3 Å². The van der Waals surface area contributed by atoms with Crippen molar-refractivity contribution in [3.63, 3.8) is 0 Å². The highest BCUT2D eigenvalue weighted by Crippen LogP contribution is 2.26. The molecule has 0 fully saturated rings. The molecule has 0 saturated carbocycles. The molecule has 0 amide bonds. The summed E-state index contributed by atoms with van der Waals surface area (Å²) >= 11 is 0. The quantitative estimate of drug-likeness (QED) is 0.288. The summed E-state index contributed by atoms with van der Waals surface area (Å²) in [5.41, 5.74) is -2.89. The Morgan fingerprint density at radius 1 is 0.950 bits per heavy atom. The van der Waals surface area contributed by atoms with Crippen LogP contribution in [0.3, 0.4) is 0 Å². The van der Waals surface area contributed by atoms with Gasteiger partial charge in [-0.1, -0.05) is 0 Å². The van der Waals surface area contributed by atoms with Crippen LogP contribution in [0.5, 0.6) is 0 Å². The number of carbonyl (C=O) groups excluding carboxylic acids is 4. The van der Waals surface area contributed by atoms with Gasteiger partial charge in [-0.3, -0.25) is 0 Å². The van der Waals surface area contributed by atoms with Gasteiger partial charge < -0.3 is 14.2 Å². The van der Waals surface area contributed by atoms with Crippen molar-refractivity contribution in [3.8, 4) is 0 Å². The molecule has 0 N–H and O–H groups in total. The summed E-state index contributed by atoms with van der Waals surface area (Å²) < 4.78 is 14.5. The molecule has 0 aromatic rings. The van der Waals surface area contributed by atoms with E-state index in [2.05, 4.69) is 0 Å². The van der Waals surface area contributed by atoms with E-state index in [4.69, 9.17) is 14.2 Å². The maximum Gasteiger partial charge on any atom is 0.367 e. The van der Waals surface area contributed by atoms with Gasteiger partial charge in [0.05, 0.1) is 18.8 Å². The van der Waals surface area contributed by atoms with Gasteiger partial charge in [-0.2, -0.15) is 0 Å². The van der Waals surface area contributed by atoms with Gasteiger partial charge >= 0.3 is 17.5 Å². The molecule has 0 spiro atoms. The van der Waals surface area contributed by atoms with Crippen LogP contribution in [-0.4, -0.2) is 42.6 Å². The number of hydrogen-bond donors (Lipinski definition) is 0. The lowest BCUT2D eigenvalue weighted by atomic mass is 9.95. The van der Waals surface area contributed by atoms with Gasteiger partial charge in [0.2, 0.25) is 0 Å². The SMILES string of the molecule is CCOC(=O)C(OC(C)=C=O)(C(=O)OCC)C(C)=C=O. The molecule has 0 aromatic heterocycles. The molecule has 0 aliphatic carbocycles. The fraction of sp³-hybridized carbons (Fsp3) is 0.538. The van der Waals surface area contributed by atoms with Crippen LogP contribution < -0.4 is 0 Å². The third-order valence-electron chi connectivity index (χ3n) is 2.26. The minimum absolute atomic E-state index is 0.0562. The summed E-state index contributed by atoms with van der Waals surface area (Å²) in [6.07, 6.45) is 0. The van der Waals surface area contributed by atoms with E-state index in [0.717, 1.165) is 6.92 Å². The minimum Gasteiger partial charge on any atom is -0.462 e. The monoisotopic (exact) mass is 284 g/mol. The highest BCUT2D eigenvalue weighted by molar-refractivity contribution is 6.09. The van der Waals surface area contributed by atoms with E-state index < -0.39 is 28.9 Å². The van der Waals surface area contributed by atoms with Crippen LogP contribution in [0.4, 0.5) is 0 Å². The first-order valence-corrected chi connectivity index (χ1v) is 5.87. The van der Waals surface area contributed by atoms with Crippen molar-refractivity contribution >= 4 is 23.8 Å². The molecule has 0 unspecified atom stereocenters. The van der Waals surface area contributed by atoms with Gasteiger partial charge in [-0.15, -0.1) is 0 Å². The molecule has 0 heterocycles.